The predicted molar refractivity (Wildman–Crippen MR) is 174 cm³/mol. The average molecular weight is 635 g/mol. The molecule has 0 fully saturated rings. The Morgan fingerprint density at radius 3 is 2.04 bits per heavy atom. The van der Waals surface area contributed by atoms with Gasteiger partial charge in [-0.15, -0.1) is 0 Å². The van der Waals surface area contributed by atoms with Crippen molar-refractivity contribution in [3.05, 3.63) is 120 Å². The number of ether oxygens (including phenoxy) is 4. The molecule has 10 nitrogen and oxygen atoms in total. The minimum absolute atomic E-state index is 0.000259. The first kappa shape index (κ1) is 31.1. The zero-order valence-electron chi connectivity index (χ0n) is 25.7. The van der Waals surface area contributed by atoms with Gasteiger partial charge in [0, 0.05) is 35.2 Å². The van der Waals surface area contributed by atoms with Gasteiger partial charge in [-0.3, -0.25) is 4.57 Å². The van der Waals surface area contributed by atoms with Crippen LogP contribution < -0.4 is 14.8 Å². The molecule has 10 heteroatoms. The van der Waals surface area contributed by atoms with E-state index in [0.717, 1.165) is 27.8 Å². The number of carbonyl (C=O) groups is 2. The molecular weight excluding hydrogens is 600 g/mol. The highest BCUT2D eigenvalue weighted by Gasteiger charge is 2.40. The second kappa shape index (κ2) is 13.6. The number of alkyl carbamates (subject to hydrolysis) is 1. The van der Waals surface area contributed by atoms with Gasteiger partial charge in [0.2, 0.25) is 6.79 Å². The summed E-state index contributed by atoms with van der Waals surface area (Å²) in [6.45, 7) is 1.31. The smallest absolute Gasteiger partial charge is 0.408 e. The number of carbonyl (C=O) groups excluding carboxylic acids is 2. The number of hydrogen-bond acceptors (Lipinski definition) is 8. The van der Waals surface area contributed by atoms with Crippen molar-refractivity contribution in [2.75, 3.05) is 13.4 Å². The first-order valence-electron chi connectivity index (χ1n) is 15.1. The third-order valence-corrected chi connectivity index (χ3v) is 7.93. The largest absolute Gasteiger partial charge is 0.494 e. The highest BCUT2D eigenvalue weighted by Crippen LogP contribution is 2.49. The summed E-state index contributed by atoms with van der Waals surface area (Å²) in [5.41, 5.74) is 3.23. The first-order chi connectivity index (χ1) is 22.8. The number of rotatable bonds is 11. The van der Waals surface area contributed by atoms with Crippen LogP contribution in [0.15, 0.2) is 109 Å². The molecule has 7 rings (SSSR count). The summed E-state index contributed by atoms with van der Waals surface area (Å²) in [5, 5.41) is 22.7. The summed E-state index contributed by atoms with van der Waals surface area (Å²) >= 11 is 0. The van der Waals surface area contributed by atoms with E-state index < -0.39 is 17.6 Å². The number of aromatic hydroxyl groups is 2. The number of esters is 1. The van der Waals surface area contributed by atoms with Crippen LogP contribution in [0.1, 0.15) is 18.1 Å². The van der Waals surface area contributed by atoms with E-state index in [1.807, 2.05) is 97.1 Å². The molecule has 1 amide bonds. The molecule has 0 unspecified atom stereocenters. The van der Waals surface area contributed by atoms with Gasteiger partial charge in [0.15, 0.2) is 11.8 Å². The first-order valence-corrected chi connectivity index (χ1v) is 15.1. The van der Waals surface area contributed by atoms with E-state index in [0.29, 0.717) is 17.1 Å². The molecule has 2 aliphatic rings. The number of hydrogen-bond donors (Lipinski definition) is 3. The van der Waals surface area contributed by atoms with Gasteiger partial charge in [-0.25, -0.2) is 9.59 Å². The number of nitrogens with one attached hydrogen (secondary N) is 1. The van der Waals surface area contributed by atoms with Crippen molar-refractivity contribution in [2.45, 2.75) is 32.0 Å². The van der Waals surface area contributed by atoms with Crippen LogP contribution in [0.5, 0.6) is 23.3 Å². The highest BCUT2D eigenvalue weighted by atomic mass is 16.7. The molecule has 2 bridgehead atoms. The quantitative estimate of drug-likeness (QED) is 0.142. The van der Waals surface area contributed by atoms with Gasteiger partial charge in [0.05, 0.1) is 6.54 Å². The lowest BCUT2D eigenvalue weighted by Crippen LogP contribution is -2.55. The standard InChI is InChI=1S/C37H34N2O8/c1-37(38-36(43)45-23-25-11-5-2-6-12-25,35(42)44-20-19-39-30(40)17-18-31(39)41)22-28-21-29-32(26-13-7-3-8-14-26)33(34(28)47-24-46-29)27-15-9-4-10-16-27/h2-18,21,40-41H,19-20,22-24H2,1H3,(H,38,43)/t37-/m0/s1. The summed E-state index contributed by atoms with van der Waals surface area (Å²) in [6, 6.07) is 33.3. The van der Waals surface area contributed by atoms with Gasteiger partial charge in [-0.2, -0.15) is 0 Å². The van der Waals surface area contributed by atoms with Gasteiger partial charge in [0.1, 0.15) is 30.3 Å². The third kappa shape index (κ3) is 6.86. The van der Waals surface area contributed by atoms with Crippen LogP contribution in [0.3, 0.4) is 0 Å². The molecule has 47 heavy (non-hydrogen) atoms. The second-order valence-electron chi connectivity index (χ2n) is 11.3. The van der Waals surface area contributed by atoms with E-state index >= 15 is 0 Å². The van der Waals surface area contributed by atoms with Crippen molar-refractivity contribution in [3.63, 3.8) is 0 Å². The normalized spacial score (nSPS) is 13.0. The van der Waals surface area contributed by atoms with Crippen molar-refractivity contribution in [2.24, 2.45) is 0 Å². The number of nitrogens with zero attached hydrogens (tertiary/aromatic N) is 1. The van der Waals surface area contributed by atoms with Crippen LogP contribution in [-0.4, -0.2) is 45.8 Å². The van der Waals surface area contributed by atoms with E-state index in [4.69, 9.17) is 18.9 Å². The van der Waals surface area contributed by atoms with E-state index in [2.05, 4.69) is 5.32 Å². The molecular formula is C37H34N2O8. The lowest BCUT2D eigenvalue weighted by atomic mass is 9.86. The third-order valence-electron chi connectivity index (χ3n) is 7.93. The molecule has 2 aliphatic heterocycles. The summed E-state index contributed by atoms with van der Waals surface area (Å²) in [7, 11) is 0. The Bertz CT molecular complexity index is 1840. The van der Waals surface area contributed by atoms with E-state index in [-0.39, 0.29) is 44.7 Å². The predicted octanol–water partition coefficient (Wildman–Crippen LogP) is 6.43. The molecule has 1 atom stereocenters. The Hall–Kier alpha value is -5.90. The fraction of sp³-hybridized carbons (Fsp3) is 0.189. The lowest BCUT2D eigenvalue weighted by Gasteiger charge is -2.29. The van der Waals surface area contributed by atoms with Crippen LogP contribution in [0, 0.1) is 0 Å². The molecule has 4 aromatic carbocycles. The van der Waals surface area contributed by atoms with Crippen molar-refractivity contribution in [1.82, 2.24) is 9.88 Å². The van der Waals surface area contributed by atoms with Crippen LogP contribution in [-0.2, 0) is 33.8 Å². The maximum atomic E-state index is 13.8. The Kier molecular flexibility index (Phi) is 9.01. The zero-order chi connectivity index (χ0) is 32.8. The molecule has 0 aliphatic carbocycles. The zero-order valence-corrected chi connectivity index (χ0v) is 25.7. The molecule has 0 saturated heterocycles. The van der Waals surface area contributed by atoms with Gasteiger partial charge >= 0.3 is 12.1 Å². The van der Waals surface area contributed by atoms with E-state index in [9.17, 15) is 19.8 Å². The van der Waals surface area contributed by atoms with Gasteiger partial charge < -0.3 is 34.5 Å². The molecule has 3 N–H and O–H groups in total. The minimum Gasteiger partial charge on any atom is -0.494 e. The summed E-state index contributed by atoms with van der Waals surface area (Å²) < 4.78 is 24.6. The maximum Gasteiger partial charge on any atom is 0.408 e. The number of fused-ring (bicyclic) bond motifs is 4. The molecule has 0 radical (unpaired) electrons. The summed E-state index contributed by atoms with van der Waals surface area (Å²) in [4.78, 5) is 27.0. The number of benzene rings is 4. The average Bonchev–Trinajstić information content (AvgIpc) is 3.23. The van der Waals surface area contributed by atoms with Crippen LogP contribution in [0.4, 0.5) is 4.79 Å². The second-order valence-corrected chi connectivity index (χ2v) is 11.3. The molecule has 5 aromatic rings. The maximum absolute atomic E-state index is 13.8. The van der Waals surface area contributed by atoms with Crippen LogP contribution >= 0.6 is 0 Å². The van der Waals surface area contributed by atoms with Crippen LogP contribution in [0.2, 0.25) is 0 Å². The molecule has 0 spiro atoms. The highest BCUT2D eigenvalue weighted by molar-refractivity contribution is 5.93. The Balaban J connectivity index is 1.35. The topological polar surface area (TPSA) is 128 Å². The SMILES string of the molecule is C[C@@](Cc1cc2c(-c3ccccc3)c(-c3ccccc3)c1OCO2)(NC(=O)OCc1ccccc1)C(=O)OCCn1c(O)ccc1O. The van der Waals surface area contributed by atoms with Crippen molar-refractivity contribution in [1.29, 1.82) is 0 Å². The van der Waals surface area contributed by atoms with Gasteiger partial charge in [-0.1, -0.05) is 91.0 Å². The summed E-state index contributed by atoms with van der Waals surface area (Å²) in [5.74, 6) is -0.0299. The fourth-order valence-electron chi connectivity index (χ4n) is 5.62. The Labute approximate surface area is 271 Å². The van der Waals surface area contributed by atoms with Crippen molar-refractivity contribution in [3.8, 4) is 45.5 Å². The molecule has 240 valence electrons. The minimum atomic E-state index is -1.63. The van der Waals surface area contributed by atoms with E-state index in [1.54, 1.807) is 6.92 Å². The van der Waals surface area contributed by atoms with Gasteiger partial charge in [0.25, 0.3) is 0 Å². The Morgan fingerprint density at radius 1 is 0.809 bits per heavy atom. The fourth-order valence-corrected chi connectivity index (χ4v) is 5.62. The number of aromatic nitrogens is 1. The van der Waals surface area contributed by atoms with Crippen molar-refractivity contribution >= 4 is 12.1 Å². The molecule has 1 aromatic heterocycles. The summed E-state index contributed by atoms with van der Waals surface area (Å²) in [6.07, 6.45) is -0.848. The molecule has 0 saturated carbocycles. The van der Waals surface area contributed by atoms with Crippen molar-refractivity contribution < 1.29 is 38.7 Å². The number of amides is 1. The Morgan fingerprint density at radius 2 is 1.40 bits per heavy atom. The lowest BCUT2D eigenvalue weighted by molar-refractivity contribution is -0.151. The van der Waals surface area contributed by atoms with E-state index in [1.165, 1.54) is 16.7 Å². The monoisotopic (exact) mass is 634 g/mol. The molecule has 3 heterocycles. The van der Waals surface area contributed by atoms with Crippen LogP contribution in [0.25, 0.3) is 22.3 Å². The van der Waals surface area contributed by atoms with Gasteiger partial charge in [-0.05, 0) is 29.7 Å².